The summed E-state index contributed by atoms with van der Waals surface area (Å²) in [5.41, 5.74) is 0. The molecule has 9 nitrogen and oxygen atoms in total. The van der Waals surface area contributed by atoms with Gasteiger partial charge in [0, 0.05) is 12.8 Å². The normalized spacial score (nSPS) is 13.7. The smallest absolute Gasteiger partial charge is 0.462 e. The Morgan fingerprint density at radius 2 is 1.09 bits per heavy atom. The molecule has 0 radical (unpaired) electrons. The van der Waals surface area contributed by atoms with E-state index in [-0.39, 0.29) is 19.4 Å². The van der Waals surface area contributed by atoms with E-state index in [0.29, 0.717) is 25.7 Å². The number of carbonyl (C=O) groups is 2. The lowest BCUT2D eigenvalue weighted by molar-refractivity contribution is -0.161. The van der Waals surface area contributed by atoms with Crippen LogP contribution in [0, 0.1) is 5.92 Å². The van der Waals surface area contributed by atoms with E-state index in [9.17, 15) is 19.3 Å². The molecule has 1 unspecified atom stereocenters. The zero-order valence-corrected chi connectivity index (χ0v) is 37.1. The highest BCUT2D eigenvalue weighted by Crippen LogP contribution is 2.36. The van der Waals surface area contributed by atoms with Gasteiger partial charge in [-0.1, -0.05) is 197 Å². The van der Waals surface area contributed by atoms with Crippen LogP contribution in [0.25, 0.3) is 0 Å². The van der Waals surface area contributed by atoms with Crippen LogP contribution >= 0.6 is 7.82 Å². The molecular weight excluding hydrogens is 739 g/mol. The molecule has 0 amide bonds. The summed E-state index contributed by atoms with van der Waals surface area (Å²) in [7, 11) is -4.78. The summed E-state index contributed by atoms with van der Waals surface area (Å²) >= 11 is 0. The lowest BCUT2D eigenvalue weighted by atomic mass is 10.0. The van der Waals surface area contributed by atoms with E-state index in [1.807, 2.05) is 55.5 Å². The highest BCUT2D eigenvalue weighted by Gasteiger charge is 2.22. The molecule has 0 aliphatic heterocycles. The summed E-state index contributed by atoms with van der Waals surface area (Å²) in [5, 5.41) is 9.74. The average molecular weight is 823 g/mol. The van der Waals surface area contributed by atoms with Crippen molar-refractivity contribution < 1.29 is 43.0 Å². The van der Waals surface area contributed by atoms with E-state index >= 15 is 0 Å². The van der Waals surface area contributed by atoms with Gasteiger partial charge in [-0.2, -0.15) is 0 Å². The van der Waals surface area contributed by atoms with Gasteiger partial charge in [0.05, 0.1) is 12.7 Å². The van der Waals surface area contributed by atoms with Crippen molar-refractivity contribution in [3.63, 3.8) is 0 Å². The second-order valence-electron chi connectivity index (χ2n) is 15.7. The Kier molecular flexibility index (Phi) is 38.9. The number of allylic oxidation sites excluding steroid dienone is 8. The zero-order valence-electron chi connectivity index (χ0n) is 36.2. The van der Waals surface area contributed by atoms with Crippen LogP contribution in [0.5, 0.6) is 0 Å². The summed E-state index contributed by atoms with van der Waals surface area (Å²) < 4.78 is 26.4. The van der Waals surface area contributed by atoms with Gasteiger partial charge in [-0.3, -0.25) is 14.1 Å². The fraction of sp³-hybridized carbons (Fsp3) is 0.745. The van der Waals surface area contributed by atoms with Gasteiger partial charge in [0.25, 0.3) is 0 Å². The second kappa shape index (κ2) is 40.5. The predicted octanol–water partition coefficient (Wildman–Crippen LogP) is 12.9. The van der Waals surface area contributed by atoms with Crippen molar-refractivity contribution in [1.82, 2.24) is 0 Å². The van der Waals surface area contributed by atoms with Crippen molar-refractivity contribution >= 4 is 19.8 Å². The predicted molar refractivity (Wildman–Crippen MR) is 236 cm³/mol. The molecule has 2 atom stereocenters. The molecule has 0 fully saturated rings. The van der Waals surface area contributed by atoms with Crippen LogP contribution in [0.4, 0.5) is 0 Å². The molecule has 0 aromatic carbocycles. The molecule has 3 N–H and O–H groups in total. The van der Waals surface area contributed by atoms with Crippen molar-refractivity contribution in [2.75, 3.05) is 13.2 Å². The summed E-state index contributed by atoms with van der Waals surface area (Å²) in [5.74, 6) is -0.131. The standard InChI is InChI=1S/C47H83O9P/c1-4-5-37-44(48)38-33-29-25-21-17-14-15-18-22-26-30-34-39-46(49)54-41-45(42-55-57(51,52)53)56-47(50)40-35-31-27-23-19-13-11-9-7-6-8-10-12-16-20-24-28-32-36-43(2)3/h5,14-15,21-22,25-26,29,33,37,43-45,48H,4,6-13,16-20,23-24,27-28,30-32,34-36,38-42H2,1-3H3,(H2,51,52,53)/b15-14-,25-21-,26-22-,33-29+,37-5-/t44?,45-/m1/s1. The van der Waals surface area contributed by atoms with Crippen molar-refractivity contribution in [2.24, 2.45) is 5.92 Å². The van der Waals surface area contributed by atoms with Gasteiger partial charge in [-0.25, -0.2) is 4.57 Å². The Morgan fingerprint density at radius 3 is 1.63 bits per heavy atom. The maximum Gasteiger partial charge on any atom is 0.469 e. The Hall–Kier alpha value is -2.29. The summed E-state index contributed by atoms with van der Waals surface area (Å²) in [6.07, 6.45) is 47.2. The first kappa shape index (κ1) is 54.7. The quantitative estimate of drug-likeness (QED) is 0.0181. The first-order valence-electron chi connectivity index (χ1n) is 22.5. The number of phosphoric ester groups is 1. The number of rotatable bonds is 40. The van der Waals surface area contributed by atoms with Crippen molar-refractivity contribution in [2.45, 2.75) is 206 Å². The van der Waals surface area contributed by atoms with E-state index in [4.69, 9.17) is 19.3 Å². The Balaban J connectivity index is 3.97. The van der Waals surface area contributed by atoms with Gasteiger partial charge in [-0.15, -0.1) is 0 Å². The third-order valence-electron chi connectivity index (χ3n) is 9.55. The third kappa shape index (κ3) is 44.7. The van der Waals surface area contributed by atoms with Gasteiger partial charge >= 0.3 is 19.8 Å². The second-order valence-corrected chi connectivity index (χ2v) is 16.9. The molecule has 0 spiro atoms. The number of phosphoric acid groups is 1. The third-order valence-corrected chi connectivity index (χ3v) is 10.0. The molecule has 0 bridgehead atoms. The maximum atomic E-state index is 12.4. The van der Waals surface area contributed by atoms with E-state index in [1.165, 1.54) is 96.3 Å². The number of aliphatic hydroxyl groups excluding tert-OH is 1. The number of carbonyl (C=O) groups excluding carboxylic acids is 2. The molecule has 0 aliphatic carbocycles. The van der Waals surface area contributed by atoms with Crippen LogP contribution in [-0.2, 0) is 28.2 Å². The summed E-state index contributed by atoms with van der Waals surface area (Å²) in [4.78, 5) is 42.9. The fourth-order valence-electron chi connectivity index (χ4n) is 6.20. The fourth-order valence-corrected chi connectivity index (χ4v) is 6.56. The van der Waals surface area contributed by atoms with Crippen LogP contribution in [0.1, 0.15) is 194 Å². The highest BCUT2D eigenvalue weighted by atomic mass is 31.2. The van der Waals surface area contributed by atoms with E-state index < -0.39 is 38.6 Å². The lowest BCUT2D eigenvalue weighted by Gasteiger charge is -2.18. The zero-order chi connectivity index (χ0) is 42.1. The minimum absolute atomic E-state index is 0.170. The van der Waals surface area contributed by atoms with Crippen LogP contribution in [0.3, 0.4) is 0 Å². The number of unbranched alkanes of at least 4 members (excludes halogenated alkanes) is 18. The van der Waals surface area contributed by atoms with Crippen LogP contribution in [0.15, 0.2) is 60.8 Å². The minimum Gasteiger partial charge on any atom is -0.462 e. The lowest BCUT2D eigenvalue weighted by Crippen LogP contribution is -2.29. The van der Waals surface area contributed by atoms with Gasteiger partial charge in [-0.05, 0) is 50.9 Å². The average Bonchev–Trinajstić information content (AvgIpc) is 3.16. The Morgan fingerprint density at radius 1 is 0.596 bits per heavy atom. The number of hydrogen-bond acceptors (Lipinski definition) is 7. The van der Waals surface area contributed by atoms with Gasteiger partial charge < -0.3 is 24.4 Å². The molecule has 0 aromatic heterocycles. The molecule has 0 saturated heterocycles. The van der Waals surface area contributed by atoms with Gasteiger partial charge in [0.1, 0.15) is 6.61 Å². The first-order chi connectivity index (χ1) is 27.5. The van der Waals surface area contributed by atoms with Crippen molar-refractivity contribution in [3.05, 3.63) is 60.8 Å². The highest BCUT2D eigenvalue weighted by molar-refractivity contribution is 7.46. The molecule has 330 valence electrons. The number of aliphatic hydroxyl groups is 1. The molecule has 0 rings (SSSR count). The van der Waals surface area contributed by atoms with Crippen molar-refractivity contribution in [3.8, 4) is 0 Å². The molecule has 57 heavy (non-hydrogen) atoms. The maximum absolute atomic E-state index is 12.4. The van der Waals surface area contributed by atoms with E-state index in [0.717, 1.165) is 44.4 Å². The monoisotopic (exact) mass is 823 g/mol. The molecule has 0 aliphatic rings. The molecular formula is C47H83O9P. The van der Waals surface area contributed by atoms with Crippen LogP contribution in [-0.4, -0.2) is 52.3 Å². The number of hydrogen-bond donors (Lipinski definition) is 3. The summed E-state index contributed by atoms with van der Waals surface area (Å²) in [6.45, 7) is 5.77. The largest absolute Gasteiger partial charge is 0.469 e. The SMILES string of the molecule is CC/C=C\C(O)C/C=C/C=C\C/C=C\C/C=C\CCCC(=O)OC[C@H](COP(=O)(O)O)OC(=O)CCCCCCCCCCCCCCCCCCCCC(C)C. The molecule has 0 heterocycles. The van der Waals surface area contributed by atoms with Crippen LogP contribution in [0.2, 0.25) is 0 Å². The molecule has 0 aromatic rings. The molecule has 0 saturated carbocycles. The van der Waals surface area contributed by atoms with E-state index in [1.54, 1.807) is 0 Å². The number of esters is 2. The Labute approximate surface area is 348 Å². The topological polar surface area (TPSA) is 140 Å². The van der Waals surface area contributed by atoms with Gasteiger partial charge in [0.15, 0.2) is 6.10 Å². The Bertz CT molecular complexity index is 1140. The van der Waals surface area contributed by atoms with Crippen LogP contribution < -0.4 is 0 Å². The molecule has 10 heteroatoms. The van der Waals surface area contributed by atoms with Gasteiger partial charge in [0.2, 0.25) is 0 Å². The summed E-state index contributed by atoms with van der Waals surface area (Å²) in [6, 6.07) is 0. The first-order valence-corrected chi connectivity index (χ1v) is 24.1. The van der Waals surface area contributed by atoms with E-state index in [2.05, 4.69) is 30.5 Å². The minimum atomic E-state index is -4.78. The van der Waals surface area contributed by atoms with Crippen molar-refractivity contribution in [1.29, 1.82) is 0 Å². The number of ether oxygens (including phenoxy) is 2.